The highest BCUT2D eigenvalue weighted by molar-refractivity contribution is 14.2. The first kappa shape index (κ1) is 18.4. The third-order valence-corrected chi connectivity index (χ3v) is 4.86. The summed E-state index contributed by atoms with van der Waals surface area (Å²) in [5.41, 5.74) is 1.17. The van der Waals surface area contributed by atoms with E-state index in [2.05, 4.69) is 11.2 Å². The molecule has 0 atom stereocenters. The number of Topliss-reactive ketones (excluding diaryl/α,β-unsaturated/α-hetero) is 1. The first-order chi connectivity index (χ1) is 11.4. The van der Waals surface area contributed by atoms with Crippen LogP contribution in [0.2, 0.25) is 0 Å². The number of halogens is 2. The summed E-state index contributed by atoms with van der Waals surface area (Å²) in [6, 6.07) is 4.33. The molecular formula is C16H13FIN3O2S. The summed E-state index contributed by atoms with van der Waals surface area (Å²) in [7, 11) is 4.78. The van der Waals surface area contributed by atoms with Crippen LogP contribution in [0, 0.1) is 18.2 Å². The number of allylic oxidation sites excluding steroid dienone is 1. The number of hydrogen-bond acceptors (Lipinski definition) is 4. The maximum atomic E-state index is 14.0. The predicted molar refractivity (Wildman–Crippen MR) is 104 cm³/mol. The minimum absolute atomic E-state index is 0.0438. The van der Waals surface area contributed by atoms with Crippen LogP contribution in [-0.2, 0) is 4.79 Å². The van der Waals surface area contributed by atoms with Gasteiger partial charge in [-0.2, -0.15) is 0 Å². The number of carbonyl (C=O) groups excluding carboxylic acids is 2. The van der Waals surface area contributed by atoms with Crippen LogP contribution in [0.4, 0.5) is 10.1 Å². The molecule has 0 unspecified atom stereocenters. The molecule has 8 heteroatoms. The Morgan fingerprint density at radius 1 is 1.46 bits per heavy atom. The maximum absolute atomic E-state index is 14.0. The second-order valence-corrected chi connectivity index (χ2v) is 6.71. The van der Waals surface area contributed by atoms with Crippen molar-refractivity contribution in [3.8, 4) is 12.3 Å². The highest BCUT2D eigenvalue weighted by atomic mass is 127. The van der Waals surface area contributed by atoms with Crippen molar-refractivity contribution in [3.63, 3.8) is 0 Å². The van der Waals surface area contributed by atoms with E-state index in [4.69, 9.17) is 6.42 Å². The van der Waals surface area contributed by atoms with Crippen LogP contribution in [0.15, 0.2) is 30.0 Å². The molecule has 0 saturated heterocycles. The fourth-order valence-corrected chi connectivity index (χ4v) is 3.88. The van der Waals surface area contributed by atoms with E-state index in [-0.39, 0.29) is 17.0 Å². The Morgan fingerprint density at radius 3 is 2.71 bits per heavy atom. The van der Waals surface area contributed by atoms with Gasteiger partial charge in [-0.25, -0.2) is 4.39 Å². The summed E-state index contributed by atoms with van der Waals surface area (Å²) < 4.78 is 15.6. The van der Waals surface area contributed by atoms with Crippen LogP contribution in [0.5, 0.6) is 0 Å². The van der Waals surface area contributed by atoms with Crippen molar-refractivity contribution >= 4 is 59.1 Å². The molecule has 0 fully saturated rings. The van der Waals surface area contributed by atoms with Gasteiger partial charge in [0.25, 0.3) is 0 Å². The number of rotatable bonds is 6. The number of terminal acetylenes is 1. The zero-order valence-electron chi connectivity index (χ0n) is 12.8. The highest BCUT2D eigenvalue weighted by Gasteiger charge is 2.20. The summed E-state index contributed by atoms with van der Waals surface area (Å²) in [6.07, 6.45) is 7.40. The monoisotopic (exact) mass is 457 g/mol. The van der Waals surface area contributed by atoms with Gasteiger partial charge in [-0.15, -0.1) is 6.42 Å². The van der Waals surface area contributed by atoms with Crippen molar-refractivity contribution in [2.75, 3.05) is 19.4 Å². The first-order valence-corrected chi connectivity index (χ1v) is 9.98. The molecule has 0 radical (unpaired) electrons. The van der Waals surface area contributed by atoms with Gasteiger partial charge >= 0.3 is 0 Å². The quantitative estimate of drug-likeness (QED) is 0.238. The van der Waals surface area contributed by atoms with Crippen molar-refractivity contribution in [2.24, 2.45) is 0 Å². The lowest BCUT2D eigenvalue weighted by molar-refractivity contribution is -0.105. The molecule has 0 aliphatic carbocycles. The number of fused-ring (bicyclic) bond motifs is 1. The molecule has 0 aliphatic rings. The average Bonchev–Trinajstić information content (AvgIpc) is 2.89. The highest BCUT2D eigenvalue weighted by Crippen LogP contribution is 2.32. The van der Waals surface area contributed by atoms with Crippen molar-refractivity contribution in [3.05, 3.63) is 41.5 Å². The second kappa shape index (κ2) is 7.72. The number of aromatic nitrogens is 1. The van der Waals surface area contributed by atoms with Gasteiger partial charge in [-0.3, -0.25) is 13.6 Å². The summed E-state index contributed by atoms with van der Waals surface area (Å²) in [4.78, 5) is 25.0. The van der Waals surface area contributed by atoms with E-state index >= 15 is 0 Å². The van der Waals surface area contributed by atoms with Crippen LogP contribution in [0.25, 0.3) is 10.9 Å². The lowest BCUT2D eigenvalue weighted by Crippen LogP contribution is -2.11. The molecule has 1 heterocycles. The van der Waals surface area contributed by atoms with Crippen LogP contribution in [0.1, 0.15) is 10.5 Å². The van der Waals surface area contributed by atoms with Crippen molar-refractivity contribution < 1.29 is 14.0 Å². The molecule has 124 valence electrons. The van der Waals surface area contributed by atoms with Crippen LogP contribution >= 0.6 is 30.3 Å². The van der Waals surface area contributed by atoms with Crippen molar-refractivity contribution in [1.29, 1.82) is 0 Å². The van der Waals surface area contributed by atoms with E-state index in [0.717, 1.165) is 0 Å². The van der Waals surface area contributed by atoms with Gasteiger partial charge in [0.15, 0.2) is 0 Å². The van der Waals surface area contributed by atoms with E-state index < -0.39 is 5.82 Å². The molecular weight excluding hydrogens is 444 g/mol. The Balaban J connectivity index is 2.65. The summed E-state index contributed by atoms with van der Waals surface area (Å²) in [5.74, 6) is 1.47. The molecule has 1 aromatic carbocycles. The zero-order chi connectivity index (χ0) is 17.9. The maximum Gasteiger partial charge on any atom is 0.220 e. The normalized spacial score (nSPS) is 11.2. The number of carbonyl (C=O) groups is 2. The Kier molecular flexibility index (Phi) is 5.90. The van der Waals surface area contributed by atoms with Gasteiger partial charge in [0.1, 0.15) is 11.5 Å². The molecule has 0 spiro atoms. The van der Waals surface area contributed by atoms with E-state index in [9.17, 15) is 14.0 Å². The van der Waals surface area contributed by atoms with Crippen molar-refractivity contribution in [1.82, 2.24) is 8.87 Å². The third kappa shape index (κ3) is 3.57. The minimum Gasteiger partial charge on any atom is -0.382 e. The fourth-order valence-electron chi connectivity index (χ4n) is 2.17. The SMILES string of the molecule is C#C/C(=C\N(C)C)C(=O)c1cc2cc(F)c(NC=O)cc2n1SI. The summed E-state index contributed by atoms with van der Waals surface area (Å²) >= 11 is 2.02. The largest absolute Gasteiger partial charge is 0.382 e. The number of ketones is 1. The Morgan fingerprint density at radius 2 is 2.17 bits per heavy atom. The van der Waals surface area contributed by atoms with Crippen LogP contribution in [-0.4, -0.2) is 35.2 Å². The van der Waals surface area contributed by atoms with Gasteiger partial charge in [-0.05, 0) is 18.2 Å². The molecule has 5 nitrogen and oxygen atoms in total. The first-order valence-electron chi connectivity index (χ1n) is 6.66. The minimum atomic E-state index is -0.579. The standard InChI is InChI=1S/C16H13FIN3O2S/c1-4-10(8-20(2)3)16(23)15-6-11-5-12(17)13(19-9-22)7-14(11)21(15)24-18/h1,5-9H,2-3H3,(H,19,22)/b10-8+. The molecule has 1 N–H and O–H groups in total. The molecule has 24 heavy (non-hydrogen) atoms. The van der Waals surface area contributed by atoms with Crippen molar-refractivity contribution in [2.45, 2.75) is 0 Å². The molecule has 1 aromatic heterocycles. The van der Waals surface area contributed by atoms with Gasteiger partial charge in [0.05, 0.1) is 16.8 Å². The van der Waals surface area contributed by atoms with Gasteiger partial charge < -0.3 is 10.2 Å². The average molecular weight is 457 g/mol. The third-order valence-electron chi connectivity index (χ3n) is 3.15. The number of nitrogens with one attached hydrogen (secondary N) is 1. The summed E-state index contributed by atoms with van der Waals surface area (Å²) in [6.45, 7) is 0. The predicted octanol–water partition coefficient (Wildman–Crippen LogP) is 3.46. The molecule has 2 aromatic rings. The van der Waals surface area contributed by atoms with Crippen LogP contribution in [0.3, 0.4) is 0 Å². The molecule has 0 bridgehead atoms. The lowest BCUT2D eigenvalue weighted by atomic mass is 10.1. The Labute approximate surface area is 155 Å². The van der Waals surface area contributed by atoms with Gasteiger partial charge in [0, 0.05) is 56.0 Å². The lowest BCUT2D eigenvalue weighted by Gasteiger charge is -2.08. The molecule has 0 saturated carbocycles. The van der Waals surface area contributed by atoms with Gasteiger partial charge in [0.2, 0.25) is 12.2 Å². The Bertz CT molecular complexity index is 884. The zero-order valence-corrected chi connectivity index (χ0v) is 15.8. The molecule has 0 aliphatic heterocycles. The van der Waals surface area contributed by atoms with Crippen LogP contribution < -0.4 is 5.32 Å². The molecule has 2 rings (SSSR count). The number of amides is 1. The number of benzene rings is 1. The fraction of sp³-hybridized carbons (Fsp3) is 0.125. The smallest absolute Gasteiger partial charge is 0.220 e. The number of nitrogens with zero attached hydrogens (tertiary/aromatic N) is 2. The van der Waals surface area contributed by atoms with Gasteiger partial charge in [-0.1, -0.05) is 5.92 Å². The second-order valence-electron chi connectivity index (χ2n) is 5.03. The van der Waals surface area contributed by atoms with E-state index in [1.807, 2.05) is 21.2 Å². The van der Waals surface area contributed by atoms with E-state index in [1.54, 1.807) is 35.2 Å². The van der Waals surface area contributed by atoms with E-state index in [1.165, 1.54) is 21.3 Å². The molecule has 1 amide bonds. The van der Waals surface area contributed by atoms with E-state index in [0.29, 0.717) is 23.0 Å². The summed E-state index contributed by atoms with van der Waals surface area (Å²) in [5, 5.41) is 2.84. The topological polar surface area (TPSA) is 54.3 Å². The number of hydrogen-bond donors (Lipinski definition) is 1. The Hall–Kier alpha value is -1.99. The number of anilines is 1.